The Morgan fingerprint density at radius 3 is 2.27 bits per heavy atom. The minimum Gasteiger partial charge on any atom is -0.358 e. The minimum atomic E-state index is -0.0509. The molecule has 0 radical (unpaired) electrons. The molecule has 0 fully saturated rings. The summed E-state index contributed by atoms with van der Waals surface area (Å²) in [7, 11) is 3.47. The van der Waals surface area contributed by atoms with Gasteiger partial charge in [-0.1, -0.05) is 20.3 Å². The highest BCUT2D eigenvalue weighted by atomic mass is 16.2. The van der Waals surface area contributed by atoms with Crippen molar-refractivity contribution >= 4 is 5.91 Å². The van der Waals surface area contributed by atoms with Crippen molar-refractivity contribution in [3.05, 3.63) is 0 Å². The molecule has 66 valence electrons. The van der Waals surface area contributed by atoms with Crippen molar-refractivity contribution in [2.75, 3.05) is 14.1 Å². The molecule has 0 bridgehead atoms. The molecule has 1 amide bonds. The highest BCUT2D eigenvalue weighted by Crippen LogP contribution is 2.06. The van der Waals surface area contributed by atoms with Gasteiger partial charge in [-0.2, -0.15) is 0 Å². The Bertz CT molecular complexity index is 125. The fourth-order valence-corrected chi connectivity index (χ4v) is 1.07. The van der Waals surface area contributed by atoms with Crippen molar-refractivity contribution < 1.29 is 4.79 Å². The Kier molecular flexibility index (Phi) is 4.86. The SMILES string of the molecule is CC[C@H](C)[C@H](NC)C(=O)NC. The largest absolute Gasteiger partial charge is 0.358 e. The monoisotopic (exact) mass is 158 g/mol. The molecule has 3 nitrogen and oxygen atoms in total. The average molecular weight is 158 g/mol. The maximum atomic E-state index is 11.2. The third kappa shape index (κ3) is 2.89. The molecule has 0 aliphatic rings. The number of rotatable bonds is 4. The molecule has 11 heavy (non-hydrogen) atoms. The Balaban J connectivity index is 4.03. The van der Waals surface area contributed by atoms with Crippen LogP contribution in [0.4, 0.5) is 0 Å². The van der Waals surface area contributed by atoms with E-state index >= 15 is 0 Å². The van der Waals surface area contributed by atoms with Gasteiger partial charge < -0.3 is 10.6 Å². The third-order valence-corrected chi connectivity index (χ3v) is 2.05. The second-order valence-corrected chi connectivity index (χ2v) is 2.77. The Morgan fingerprint density at radius 1 is 1.45 bits per heavy atom. The Labute approximate surface area is 68.6 Å². The molecule has 0 rings (SSSR count). The van der Waals surface area contributed by atoms with Crippen molar-refractivity contribution in [3.8, 4) is 0 Å². The summed E-state index contributed by atoms with van der Waals surface area (Å²) in [5, 5.41) is 5.62. The second-order valence-electron chi connectivity index (χ2n) is 2.77. The van der Waals surface area contributed by atoms with Gasteiger partial charge in [-0.3, -0.25) is 4.79 Å². The van der Waals surface area contributed by atoms with Crippen LogP contribution in [0, 0.1) is 5.92 Å². The predicted molar refractivity (Wildman–Crippen MR) is 46.4 cm³/mol. The highest BCUT2D eigenvalue weighted by Gasteiger charge is 2.20. The quantitative estimate of drug-likeness (QED) is 0.620. The van der Waals surface area contributed by atoms with E-state index in [1.54, 1.807) is 7.05 Å². The molecule has 0 aromatic rings. The van der Waals surface area contributed by atoms with E-state index in [-0.39, 0.29) is 11.9 Å². The number of hydrogen-bond acceptors (Lipinski definition) is 2. The van der Waals surface area contributed by atoms with Crippen molar-refractivity contribution in [3.63, 3.8) is 0 Å². The molecule has 0 aliphatic heterocycles. The maximum absolute atomic E-state index is 11.2. The Morgan fingerprint density at radius 2 is 2.00 bits per heavy atom. The van der Waals surface area contributed by atoms with Crippen LogP contribution in [0.3, 0.4) is 0 Å². The fraction of sp³-hybridized carbons (Fsp3) is 0.875. The summed E-state index contributed by atoms with van der Waals surface area (Å²) in [6.45, 7) is 4.15. The van der Waals surface area contributed by atoms with Gasteiger partial charge >= 0.3 is 0 Å². The van der Waals surface area contributed by atoms with Crippen LogP contribution in [0.15, 0.2) is 0 Å². The van der Waals surface area contributed by atoms with E-state index < -0.39 is 0 Å². The number of amides is 1. The van der Waals surface area contributed by atoms with Crippen LogP contribution in [0.5, 0.6) is 0 Å². The van der Waals surface area contributed by atoms with Crippen LogP contribution in [-0.2, 0) is 4.79 Å². The molecule has 0 saturated heterocycles. The first-order valence-electron chi connectivity index (χ1n) is 4.06. The van der Waals surface area contributed by atoms with Crippen molar-refractivity contribution in [2.45, 2.75) is 26.3 Å². The molecular formula is C8H18N2O. The van der Waals surface area contributed by atoms with E-state index in [9.17, 15) is 4.79 Å². The first kappa shape index (κ1) is 10.4. The van der Waals surface area contributed by atoms with Crippen LogP contribution in [0.25, 0.3) is 0 Å². The van der Waals surface area contributed by atoms with Gasteiger partial charge in [-0.05, 0) is 13.0 Å². The molecule has 0 spiro atoms. The molecule has 2 N–H and O–H groups in total. The smallest absolute Gasteiger partial charge is 0.237 e. The van der Waals surface area contributed by atoms with Gasteiger partial charge in [0.15, 0.2) is 0 Å². The molecule has 0 unspecified atom stereocenters. The predicted octanol–water partition coefficient (Wildman–Crippen LogP) is 0.366. The number of likely N-dealkylation sites (N-methyl/N-ethyl adjacent to an activating group) is 2. The average Bonchev–Trinajstić information content (AvgIpc) is 2.05. The maximum Gasteiger partial charge on any atom is 0.237 e. The summed E-state index contributed by atoms with van der Waals surface area (Å²) in [6.07, 6.45) is 1.01. The summed E-state index contributed by atoms with van der Waals surface area (Å²) in [4.78, 5) is 11.2. The molecule has 0 aromatic carbocycles. The van der Waals surface area contributed by atoms with E-state index in [2.05, 4.69) is 24.5 Å². The van der Waals surface area contributed by atoms with Crippen LogP contribution >= 0.6 is 0 Å². The van der Waals surface area contributed by atoms with Gasteiger partial charge in [0.25, 0.3) is 0 Å². The number of nitrogens with one attached hydrogen (secondary N) is 2. The molecule has 3 heteroatoms. The third-order valence-electron chi connectivity index (χ3n) is 2.05. The van der Waals surface area contributed by atoms with Gasteiger partial charge in [-0.25, -0.2) is 0 Å². The van der Waals surface area contributed by atoms with E-state index in [1.807, 2.05) is 7.05 Å². The topological polar surface area (TPSA) is 41.1 Å². The lowest BCUT2D eigenvalue weighted by Gasteiger charge is -2.20. The van der Waals surface area contributed by atoms with Crippen molar-refractivity contribution in [2.24, 2.45) is 5.92 Å². The van der Waals surface area contributed by atoms with Gasteiger partial charge in [0.2, 0.25) is 5.91 Å². The zero-order chi connectivity index (χ0) is 8.85. The van der Waals surface area contributed by atoms with Gasteiger partial charge in [0.1, 0.15) is 0 Å². The molecule has 2 atom stereocenters. The van der Waals surface area contributed by atoms with Gasteiger partial charge in [0, 0.05) is 7.05 Å². The number of hydrogen-bond donors (Lipinski definition) is 2. The Hall–Kier alpha value is -0.570. The zero-order valence-corrected chi connectivity index (χ0v) is 7.77. The summed E-state index contributed by atoms with van der Waals surface area (Å²) in [6, 6.07) is -0.0509. The molecule has 0 saturated carbocycles. The molecular weight excluding hydrogens is 140 g/mol. The minimum absolute atomic E-state index is 0.0509. The summed E-state index contributed by atoms with van der Waals surface area (Å²) < 4.78 is 0. The van der Waals surface area contributed by atoms with Crippen molar-refractivity contribution in [1.29, 1.82) is 0 Å². The lowest BCUT2D eigenvalue weighted by Crippen LogP contribution is -2.45. The van der Waals surface area contributed by atoms with Gasteiger partial charge in [0.05, 0.1) is 6.04 Å². The summed E-state index contributed by atoms with van der Waals surface area (Å²) in [5.41, 5.74) is 0. The lowest BCUT2D eigenvalue weighted by molar-refractivity contribution is -0.123. The first-order valence-corrected chi connectivity index (χ1v) is 4.06. The van der Waals surface area contributed by atoms with Crippen LogP contribution in [0.1, 0.15) is 20.3 Å². The standard InChI is InChI=1S/C8H18N2O/c1-5-6(2)7(9-3)8(11)10-4/h6-7,9H,5H2,1-4H3,(H,10,11)/t6-,7-/m0/s1. The second kappa shape index (κ2) is 5.13. The number of carbonyl (C=O) groups is 1. The molecule has 0 aliphatic carbocycles. The van der Waals surface area contributed by atoms with E-state index in [1.165, 1.54) is 0 Å². The molecule has 0 heterocycles. The van der Waals surface area contributed by atoms with Crippen LogP contribution < -0.4 is 10.6 Å². The van der Waals surface area contributed by atoms with Crippen LogP contribution in [-0.4, -0.2) is 26.0 Å². The summed E-state index contributed by atoms with van der Waals surface area (Å²) >= 11 is 0. The van der Waals surface area contributed by atoms with E-state index in [0.29, 0.717) is 5.92 Å². The lowest BCUT2D eigenvalue weighted by atomic mass is 9.99. The zero-order valence-electron chi connectivity index (χ0n) is 7.77. The van der Waals surface area contributed by atoms with E-state index in [4.69, 9.17) is 0 Å². The normalized spacial score (nSPS) is 15.6. The molecule has 0 aromatic heterocycles. The van der Waals surface area contributed by atoms with Gasteiger partial charge in [-0.15, -0.1) is 0 Å². The fourth-order valence-electron chi connectivity index (χ4n) is 1.07. The first-order chi connectivity index (χ1) is 5.17. The van der Waals surface area contributed by atoms with Crippen molar-refractivity contribution in [1.82, 2.24) is 10.6 Å². The summed E-state index contributed by atoms with van der Waals surface area (Å²) in [5.74, 6) is 0.460. The van der Waals surface area contributed by atoms with Crippen LogP contribution in [0.2, 0.25) is 0 Å². The highest BCUT2D eigenvalue weighted by molar-refractivity contribution is 5.81. The van der Waals surface area contributed by atoms with E-state index in [0.717, 1.165) is 6.42 Å². The number of carbonyl (C=O) groups excluding carboxylic acids is 1.